The fourth-order valence-electron chi connectivity index (χ4n) is 1.74. The van der Waals surface area contributed by atoms with Crippen molar-refractivity contribution in [3.8, 4) is 0 Å². The highest BCUT2D eigenvalue weighted by Gasteiger charge is 2.29. The molecule has 20 heavy (non-hydrogen) atoms. The number of hydrogen-bond donors (Lipinski definition) is 3. The first-order valence-electron chi connectivity index (χ1n) is 6.47. The molecule has 1 heterocycles. The topological polar surface area (TPSA) is 95.5 Å². The van der Waals surface area contributed by atoms with Crippen LogP contribution in [0, 0.1) is 5.92 Å². The maximum atomic E-state index is 11.8. The van der Waals surface area contributed by atoms with Crippen LogP contribution in [0.15, 0.2) is 21.7 Å². The zero-order chi connectivity index (χ0) is 14.6. The van der Waals surface area contributed by atoms with Gasteiger partial charge in [-0.25, -0.2) is 13.1 Å². The summed E-state index contributed by atoms with van der Waals surface area (Å²) < 4.78 is 26.1. The first kappa shape index (κ1) is 15.4. The van der Waals surface area contributed by atoms with Gasteiger partial charge in [0, 0.05) is 19.5 Å². The molecule has 1 aromatic rings. The highest BCUT2D eigenvalue weighted by Crippen LogP contribution is 2.32. The lowest BCUT2D eigenvalue weighted by Crippen LogP contribution is -2.35. The first-order valence-corrected chi connectivity index (χ1v) is 8.83. The van der Waals surface area contributed by atoms with Crippen LogP contribution in [0.1, 0.15) is 19.3 Å². The van der Waals surface area contributed by atoms with Gasteiger partial charge in [0.2, 0.25) is 15.9 Å². The van der Waals surface area contributed by atoms with E-state index in [-0.39, 0.29) is 29.6 Å². The summed E-state index contributed by atoms with van der Waals surface area (Å²) in [4.78, 5) is 11.5. The van der Waals surface area contributed by atoms with Gasteiger partial charge in [-0.15, -0.1) is 11.3 Å². The standard InChI is InChI=1S/C12H18N2O4S2/c15-10(9-3-4-9)8-13-11(16)5-6-14-20(17,18)12-2-1-7-19-12/h1-2,7,9-10,14-15H,3-6,8H2,(H,13,16). The minimum atomic E-state index is -3.51. The molecule has 3 N–H and O–H groups in total. The van der Waals surface area contributed by atoms with Crippen molar-refractivity contribution in [3.05, 3.63) is 17.5 Å². The highest BCUT2D eigenvalue weighted by atomic mass is 32.2. The zero-order valence-electron chi connectivity index (χ0n) is 10.9. The third-order valence-electron chi connectivity index (χ3n) is 3.08. The van der Waals surface area contributed by atoms with Crippen LogP contribution < -0.4 is 10.0 Å². The number of nitrogens with one attached hydrogen (secondary N) is 2. The zero-order valence-corrected chi connectivity index (χ0v) is 12.5. The SMILES string of the molecule is O=C(CCNS(=O)(=O)c1cccs1)NCC(O)C1CC1. The molecule has 0 radical (unpaired) electrons. The Morgan fingerprint density at radius 1 is 1.50 bits per heavy atom. The van der Waals surface area contributed by atoms with E-state index in [1.165, 1.54) is 6.07 Å². The molecule has 0 bridgehead atoms. The maximum absolute atomic E-state index is 11.8. The second-order valence-corrected chi connectivity index (χ2v) is 7.73. The van der Waals surface area contributed by atoms with Gasteiger partial charge in [-0.1, -0.05) is 6.07 Å². The van der Waals surface area contributed by atoms with Crippen molar-refractivity contribution in [2.75, 3.05) is 13.1 Å². The molecule has 2 rings (SSSR count). The van der Waals surface area contributed by atoms with Gasteiger partial charge in [0.05, 0.1) is 6.10 Å². The molecule has 1 fully saturated rings. The van der Waals surface area contributed by atoms with Gasteiger partial charge in [-0.2, -0.15) is 0 Å². The van der Waals surface area contributed by atoms with Crippen LogP contribution in [-0.4, -0.2) is 38.6 Å². The second-order valence-electron chi connectivity index (χ2n) is 4.79. The molecule has 1 aromatic heterocycles. The van der Waals surface area contributed by atoms with Crippen molar-refractivity contribution in [2.24, 2.45) is 5.92 Å². The van der Waals surface area contributed by atoms with E-state index in [0.29, 0.717) is 5.92 Å². The quantitative estimate of drug-likeness (QED) is 0.642. The summed E-state index contributed by atoms with van der Waals surface area (Å²) in [5, 5.41) is 13.9. The number of aliphatic hydroxyl groups excluding tert-OH is 1. The molecule has 1 aliphatic carbocycles. The molecular formula is C12H18N2O4S2. The third-order valence-corrected chi connectivity index (χ3v) is 5.94. The molecule has 1 saturated carbocycles. The smallest absolute Gasteiger partial charge is 0.250 e. The largest absolute Gasteiger partial charge is 0.391 e. The van der Waals surface area contributed by atoms with Gasteiger partial charge in [0.1, 0.15) is 4.21 Å². The van der Waals surface area contributed by atoms with Gasteiger partial charge in [-0.3, -0.25) is 4.79 Å². The van der Waals surface area contributed by atoms with E-state index in [1.54, 1.807) is 11.4 Å². The van der Waals surface area contributed by atoms with Crippen molar-refractivity contribution in [3.63, 3.8) is 0 Å². The minimum absolute atomic E-state index is 0.0472. The summed E-state index contributed by atoms with van der Waals surface area (Å²) >= 11 is 1.13. The first-order chi connectivity index (χ1) is 9.49. The van der Waals surface area contributed by atoms with Crippen LogP contribution in [0.25, 0.3) is 0 Å². The van der Waals surface area contributed by atoms with E-state index in [4.69, 9.17) is 0 Å². The Morgan fingerprint density at radius 2 is 2.25 bits per heavy atom. The number of carbonyl (C=O) groups is 1. The van der Waals surface area contributed by atoms with E-state index in [2.05, 4.69) is 10.0 Å². The molecule has 0 saturated heterocycles. The Hall–Kier alpha value is -0.960. The Bertz CT molecular complexity index is 538. The normalized spacial score (nSPS) is 16.9. The predicted octanol–water partition coefficient (Wildman–Crippen LogP) is 0.304. The average Bonchev–Trinajstić information content (AvgIpc) is 3.09. The molecule has 0 aromatic carbocycles. The Balaban J connectivity index is 1.66. The molecule has 0 spiro atoms. The molecule has 1 amide bonds. The Labute approximate surface area is 122 Å². The summed E-state index contributed by atoms with van der Waals surface area (Å²) in [5.41, 5.74) is 0. The van der Waals surface area contributed by atoms with Crippen LogP contribution in [-0.2, 0) is 14.8 Å². The summed E-state index contributed by atoms with van der Waals surface area (Å²) in [7, 11) is -3.51. The van der Waals surface area contributed by atoms with Crippen molar-refractivity contribution >= 4 is 27.3 Å². The van der Waals surface area contributed by atoms with E-state index in [9.17, 15) is 18.3 Å². The van der Waals surface area contributed by atoms with E-state index in [0.717, 1.165) is 24.2 Å². The van der Waals surface area contributed by atoms with E-state index in [1.807, 2.05) is 0 Å². The summed E-state index contributed by atoms with van der Waals surface area (Å²) in [6.07, 6.45) is 1.60. The number of sulfonamides is 1. The molecule has 1 atom stereocenters. The van der Waals surface area contributed by atoms with Crippen molar-refractivity contribution in [1.82, 2.24) is 10.0 Å². The number of rotatable bonds is 8. The molecule has 1 aliphatic rings. The summed E-state index contributed by atoms with van der Waals surface area (Å²) in [5.74, 6) is 0.0474. The van der Waals surface area contributed by atoms with Crippen molar-refractivity contribution < 1.29 is 18.3 Å². The average molecular weight is 318 g/mol. The number of hydrogen-bond acceptors (Lipinski definition) is 5. The molecule has 1 unspecified atom stereocenters. The number of thiophene rings is 1. The minimum Gasteiger partial charge on any atom is -0.391 e. The van der Waals surface area contributed by atoms with Gasteiger partial charge in [0.25, 0.3) is 0 Å². The number of aliphatic hydroxyl groups is 1. The van der Waals surface area contributed by atoms with Gasteiger partial charge < -0.3 is 10.4 Å². The third kappa shape index (κ3) is 4.55. The molecule has 112 valence electrons. The van der Waals surface area contributed by atoms with Crippen LogP contribution in [0.5, 0.6) is 0 Å². The maximum Gasteiger partial charge on any atom is 0.250 e. The van der Waals surface area contributed by atoms with E-state index < -0.39 is 16.1 Å². The van der Waals surface area contributed by atoms with Gasteiger partial charge >= 0.3 is 0 Å². The Morgan fingerprint density at radius 3 is 2.85 bits per heavy atom. The lowest BCUT2D eigenvalue weighted by molar-refractivity contribution is -0.121. The fraction of sp³-hybridized carbons (Fsp3) is 0.583. The van der Waals surface area contributed by atoms with Crippen LogP contribution in [0.2, 0.25) is 0 Å². The highest BCUT2D eigenvalue weighted by molar-refractivity contribution is 7.91. The molecule has 0 aliphatic heterocycles. The van der Waals surface area contributed by atoms with Crippen molar-refractivity contribution in [1.29, 1.82) is 0 Å². The van der Waals surface area contributed by atoms with Gasteiger partial charge in [-0.05, 0) is 30.2 Å². The molecule has 8 heteroatoms. The van der Waals surface area contributed by atoms with Crippen LogP contribution >= 0.6 is 11.3 Å². The van der Waals surface area contributed by atoms with Crippen LogP contribution in [0.4, 0.5) is 0 Å². The number of carbonyl (C=O) groups excluding carboxylic acids is 1. The van der Waals surface area contributed by atoms with E-state index >= 15 is 0 Å². The predicted molar refractivity (Wildman–Crippen MR) is 75.9 cm³/mol. The summed E-state index contributed by atoms with van der Waals surface area (Å²) in [6, 6.07) is 3.17. The fourth-order valence-corrected chi connectivity index (χ4v) is 3.81. The van der Waals surface area contributed by atoms with Crippen molar-refractivity contribution in [2.45, 2.75) is 29.6 Å². The lowest BCUT2D eigenvalue weighted by Gasteiger charge is -2.10. The molecular weight excluding hydrogens is 300 g/mol. The monoisotopic (exact) mass is 318 g/mol. The van der Waals surface area contributed by atoms with Crippen LogP contribution in [0.3, 0.4) is 0 Å². The molecule has 6 nitrogen and oxygen atoms in total. The Kier molecular flexibility index (Phi) is 5.14. The number of amides is 1. The second kappa shape index (κ2) is 6.66. The lowest BCUT2D eigenvalue weighted by atomic mass is 10.2. The van der Waals surface area contributed by atoms with Gasteiger partial charge in [0.15, 0.2) is 0 Å². The summed E-state index contributed by atoms with van der Waals surface area (Å²) in [6.45, 7) is 0.284.